The Morgan fingerprint density at radius 1 is 0.200 bits per heavy atom. The minimum absolute atomic E-state index is 0.617. The zero-order valence-electron chi connectivity index (χ0n) is 32.7. The van der Waals surface area contributed by atoms with Crippen molar-refractivity contribution >= 4 is 32.3 Å². The molecule has 0 fully saturated rings. The average Bonchev–Trinajstić information content (AvgIpc) is 3.33. The number of fused-ring (bicyclic) bond motifs is 3. The Balaban J connectivity index is 1.12. The number of benzene rings is 10. The highest BCUT2D eigenvalue weighted by Crippen LogP contribution is 2.40. The van der Waals surface area contributed by atoms with Crippen molar-refractivity contribution < 1.29 is 0 Å². The number of rotatable bonds is 7. The topological polar surface area (TPSA) is 38.7 Å². The highest BCUT2D eigenvalue weighted by Gasteiger charge is 2.19. The van der Waals surface area contributed by atoms with Crippen molar-refractivity contribution in [2.24, 2.45) is 0 Å². The van der Waals surface area contributed by atoms with Crippen LogP contribution in [-0.2, 0) is 0 Å². The molecule has 0 saturated carbocycles. The van der Waals surface area contributed by atoms with Gasteiger partial charge in [0.1, 0.15) is 0 Å². The molecule has 0 spiro atoms. The lowest BCUT2D eigenvalue weighted by atomic mass is 9.91. The minimum Gasteiger partial charge on any atom is -0.208 e. The van der Waals surface area contributed by atoms with Crippen molar-refractivity contribution in [1.82, 2.24) is 15.0 Å². The molecule has 11 rings (SSSR count). The molecule has 0 unspecified atom stereocenters. The Kier molecular flexibility index (Phi) is 8.83. The van der Waals surface area contributed by atoms with E-state index in [-0.39, 0.29) is 0 Å². The van der Waals surface area contributed by atoms with Crippen LogP contribution in [0.5, 0.6) is 0 Å². The van der Waals surface area contributed by atoms with E-state index >= 15 is 0 Å². The summed E-state index contributed by atoms with van der Waals surface area (Å²) in [5.74, 6) is 1.87. The second-order valence-corrected chi connectivity index (χ2v) is 15.1. The molecule has 280 valence electrons. The van der Waals surface area contributed by atoms with Crippen LogP contribution in [0.4, 0.5) is 0 Å². The minimum atomic E-state index is 0.617. The Morgan fingerprint density at radius 2 is 0.683 bits per heavy atom. The Bertz CT molecular complexity index is 3370. The third-order valence-corrected chi connectivity index (χ3v) is 11.6. The van der Waals surface area contributed by atoms with Gasteiger partial charge in [-0.25, -0.2) is 15.0 Å². The number of hydrogen-bond acceptors (Lipinski definition) is 3. The molecule has 0 aliphatic carbocycles. The molecule has 1 heterocycles. The summed E-state index contributed by atoms with van der Waals surface area (Å²) in [6.07, 6.45) is 0. The van der Waals surface area contributed by atoms with Gasteiger partial charge in [-0.15, -0.1) is 0 Å². The summed E-state index contributed by atoms with van der Waals surface area (Å²) in [4.78, 5) is 16.0. The van der Waals surface area contributed by atoms with Crippen LogP contribution in [0.2, 0.25) is 0 Å². The van der Waals surface area contributed by atoms with Crippen molar-refractivity contribution in [2.45, 2.75) is 0 Å². The average molecular weight is 764 g/mol. The lowest BCUT2D eigenvalue weighted by molar-refractivity contribution is 1.08. The summed E-state index contributed by atoms with van der Waals surface area (Å²) >= 11 is 0. The zero-order chi connectivity index (χ0) is 39.8. The molecule has 0 aliphatic rings. The highest BCUT2D eigenvalue weighted by atomic mass is 15.0. The summed E-state index contributed by atoms with van der Waals surface area (Å²) in [7, 11) is 0. The molecular formula is C57H37N3. The molecule has 3 heteroatoms. The van der Waals surface area contributed by atoms with E-state index in [0.29, 0.717) is 17.5 Å². The maximum absolute atomic E-state index is 5.36. The summed E-state index contributed by atoms with van der Waals surface area (Å²) in [6, 6.07) is 79.4. The van der Waals surface area contributed by atoms with Crippen LogP contribution in [0.3, 0.4) is 0 Å². The molecule has 60 heavy (non-hydrogen) atoms. The lowest BCUT2D eigenvalue weighted by Crippen LogP contribution is -2.02. The van der Waals surface area contributed by atoms with E-state index in [0.717, 1.165) is 60.8 Å². The van der Waals surface area contributed by atoms with Gasteiger partial charge in [0.15, 0.2) is 17.5 Å². The first-order valence-corrected chi connectivity index (χ1v) is 20.4. The van der Waals surface area contributed by atoms with Crippen LogP contribution in [0.25, 0.3) is 111 Å². The highest BCUT2D eigenvalue weighted by molar-refractivity contribution is 6.05. The Hall–Kier alpha value is -8.01. The molecule has 3 nitrogen and oxygen atoms in total. The Labute approximate surface area is 349 Å². The fraction of sp³-hybridized carbons (Fsp3) is 0. The summed E-state index contributed by atoms with van der Waals surface area (Å²) in [6.45, 7) is 0. The third kappa shape index (κ3) is 6.39. The van der Waals surface area contributed by atoms with Crippen LogP contribution >= 0.6 is 0 Å². The maximum atomic E-state index is 5.36. The molecule has 0 saturated heterocycles. The van der Waals surface area contributed by atoms with Crippen molar-refractivity contribution in [2.75, 3.05) is 0 Å². The standard InChI is InChI=1S/C57H37N3/c1-3-16-38(17-4-1)42-33-32-41-22-15-31-53(54(41)37-42)57-59-55(58-56(60-57)52-29-12-11-28-51(52)50-30-14-21-40-20-7-8-25-45(40)50)44-24-13-23-43(36-44)47-35-34-46(39-18-5-2-6-19-39)48-26-9-10-27-49(47)48/h1-37H. The first-order chi connectivity index (χ1) is 29.7. The molecular weight excluding hydrogens is 727 g/mol. The van der Waals surface area contributed by atoms with Crippen molar-refractivity contribution in [3.63, 3.8) is 0 Å². The second kappa shape index (κ2) is 15.1. The van der Waals surface area contributed by atoms with Crippen LogP contribution in [-0.4, -0.2) is 15.0 Å². The normalized spacial score (nSPS) is 11.3. The number of aromatic nitrogens is 3. The quantitative estimate of drug-likeness (QED) is 0.162. The first kappa shape index (κ1) is 35.2. The second-order valence-electron chi connectivity index (χ2n) is 15.1. The van der Waals surface area contributed by atoms with Crippen LogP contribution in [0.15, 0.2) is 224 Å². The van der Waals surface area contributed by atoms with E-state index in [1.165, 1.54) is 32.7 Å². The Morgan fingerprint density at radius 3 is 1.43 bits per heavy atom. The van der Waals surface area contributed by atoms with Gasteiger partial charge in [-0.05, 0) is 89.0 Å². The van der Waals surface area contributed by atoms with Gasteiger partial charge in [-0.1, -0.05) is 212 Å². The van der Waals surface area contributed by atoms with Gasteiger partial charge < -0.3 is 0 Å². The molecule has 0 N–H and O–H groups in total. The van der Waals surface area contributed by atoms with Gasteiger partial charge in [0.2, 0.25) is 0 Å². The third-order valence-electron chi connectivity index (χ3n) is 11.6. The number of nitrogens with zero attached hydrogens (tertiary/aromatic N) is 3. The smallest absolute Gasteiger partial charge is 0.164 e. The maximum Gasteiger partial charge on any atom is 0.164 e. The summed E-state index contributed by atoms with van der Waals surface area (Å²) in [5, 5.41) is 6.99. The molecule has 0 atom stereocenters. The predicted molar refractivity (Wildman–Crippen MR) is 250 cm³/mol. The van der Waals surface area contributed by atoms with Crippen LogP contribution < -0.4 is 0 Å². The van der Waals surface area contributed by atoms with E-state index in [4.69, 9.17) is 15.0 Å². The van der Waals surface area contributed by atoms with Crippen LogP contribution in [0, 0.1) is 0 Å². The fourth-order valence-corrected chi connectivity index (χ4v) is 8.64. The van der Waals surface area contributed by atoms with Crippen molar-refractivity contribution in [3.05, 3.63) is 224 Å². The SMILES string of the molecule is c1ccc(-c2ccc3cccc(-c4nc(-c5cccc(-c6ccc(-c7ccccc7)c7ccccc67)c5)nc(-c5ccccc5-c5cccc6ccccc56)n4)c3c2)cc1. The van der Waals surface area contributed by atoms with Gasteiger partial charge >= 0.3 is 0 Å². The fourth-order valence-electron chi connectivity index (χ4n) is 8.64. The summed E-state index contributed by atoms with van der Waals surface area (Å²) < 4.78 is 0. The predicted octanol–water partition coefficient (Wildman–Crippen LogP) is 15.0. The van der Waals surface area contributed by atoms with Gasteiger partial charge in [-0.2, -0.15) is 0 Å². The molecule has 10 aromatic carbocycles. The van der Waals surface area contributed by atoms with Crippen molar-refractivity contribution in [1.29, 1.82) is 0 Å². The molecule has 0 bridgehead atoms. The van der Waals surface area contributed by atoms with Crippen LogP contribution in [0.1, 0.15) is 0 Å². The molecule has 0 amide bonds. The summed E-state index contributed by atoms with van der Waals surface area (Å²) in [5.41, 5.74) is 12.0. The van der Waals surface area contributed by atoms with E-state index in [9.17, 15) is 0 Å². The van der Waals surface area contributed by atoms with E-state index in [1.54, 1.807) is 0 Å². The largest absolute Gasteiger partial charge is 0.208 e. The first-order valence-electron chi connectivity index (χ1n) is 20.4. The molecule has 11 aromatic rings. The zero-order valence-corrected chi connectivity index (χ0v) is 32.7. The van der Waals surface area contributed by atoms with Gasteiger partial charge in [0.25, 0.3) is 0 Å². The molecule has 0 aliphatic heterocycles. The lowest BCUT2D eigenvalue weighted by Gasteiger charge is -2.15. The van der Waals surface area contributed by atoms with E-state index in [2.05, 4.69) is 224 Å². The van der Waals surface area contributed by atoms with Gasteiger partial charge in [0.05, 0.1) is 0 Å². The van der Waals surface area contributed by atoms with E-state index < -0.39 is 0 Å². The molecule has 1 aromatic heterocycles. The molecule has 0 radical (unpaired) electrons. The number of hydrogen-bond donors (Lipinski definition) is 0. The van der Waals surface area contributed by atoms with Crippen molar-refractivity contribution in [3.8, 4) is 78.7 Å². The van der Waals surface area contributed by atoms with Gasteiger partial charge in [0, 0.05) is 16.7 Å². The monoisotopic (exact) mass is 763 g/mol. The van der Waals surface area contributed by atoms with E-state index in [1.807, 2.05) is 0 Å². The van der Waals surface area contributed by atoms with Gasteiger partial charge in [-0.3, -0.25) is 0 Å².